The fraction of sp³-hybridized carbons (Fsp3) is 0.240. The predicted octanol–water partition coefficient (Wildman–Crippen LogP) is 3.68. The third-order valence-electron chi connectivity index (χ3n) is 5.49. The predicted molar refractivity (Wildman–Crippen MR) is 128 cm³/mol. The van der Waals surface area contributed by atoms with E-state index in [2.05, 4.69) is 5.32 Å². The molecule has 35 heavy (non-hydrogen) atoms. The Balaban J connectivity index is 1.63. The number of amides is 1. The molecule has 1 heterocycles. The molecule has 0 unspecified atom stereocenters. The van der Waals surface area contributed by atoms with E-state index in [-0.39, 0.29) is 10.6 Å². The first kappa shape index (κ1) is 24.3. The standard InChI is InChI=1S/C25H25FN2O6S/c1-17(21-5-3-4-6-22(21)32-2)27-25(29)16-28(19-9-7-18(26)8-10-19)35(30,31)20-11-12-23-24(15-20)34-14-13-33-23/h3-12,15,17H,13-14,16H2,1-2H3,(H,27,29)/t17-/m1/s1. The van der Waals surface area contributed by atoms with Crippen molar-refractivity contribution in [1.82, 2.24) is 5.32 Å². The van der Waals surface area contributed by atoms with Crippen LogP contribution in [0.1, 0.15) is 18.5 Å². The van der Waals surface area contributed by atoms with Crippen LogP contribution >= 0.6 is 0 Å². The van der Waals surface area contributed by atoms with Gasteiger partial charge in [-0.2, -0.15) is 0 Å². The molecule has 184 valence electrons. The number of nitrogens with one attached hydrogen (secondary N) is 1. The van der Waals surface area contributed by atoms with E-state index in [1.54, 1.807) is 13.0 Å². The number of para-hydroxylation sites is 1. The Bertz CT molecular complexity index is 1310. The highest BCUT2D eigenvalue weighted by Crippen LogP contribution is 2.34. The zero-order valence-corrected chi connectivity index (χ0v) is 20.0. The summed E-state index contributed by atoms with van der Waals surface area (Å²) in [6.45, 7) is 1.90. The number of carbonyl (C=O) groups excluding carboxylic acids is 1. The Morgan fingerprint density at radius 1 is 1.06 bits per heavy atom. The molecule has 8 nitrogen and oxygen atoms in total. The molecule has 4 rings (SSSR count). The van der Waals surface area contributed by atoms with Crippen molar-refractivity contribution in [3.05, 3.63) is 78.1 Å². The quantitative estimate of drug-likeness (QED) is 0.507. The summed E-state index contributed by atoms with van der Waals surface area (Å²) in [6.07, 6.45) is 0. The third-order valence-corrected chi connectivity index (χ3v) is 7.26. The molecule has 0 saturated heterocycles. The summed E-state index contributed by atoms with van der Waals surface area (Å²) in [6, 6.07) is 15.9. The maximum atomic E-state index is 13.6. The largest absolute Gasteiger partial charge is 0.496 e. The van der Waals surface area contributed by atoms with Crippen LogP contribution < -0.4 is 23.8 Å². The first-order chi connectivity index (χ1) is 16.8. The number of fused-ring (bicyclic) bond motifs is 1. The number of halogens is 1. The second-order valence-electron chi connectivity index (χ2n) is 7.82. The Labute approximate surface area is 203 Å². The topological polar surface area (TPSA) is 94.2 Å². The number of methoxy groups -OCH3 is 1. The summed E-state index contributed by atoms with van der Waals surface area (Å²) >= 11 is 0. The minimum absolute atomic E-state index is 0.0864. The molecule has 3 aromatic rings. The number of rotatable bonds is 8. The lowest BCUT2D eigenvalue weighted by Gasteiger charge is -2.26. The van der Waals surface area contributed by atoms with Crippen molar-refractivity contribution in [2.75, 3.05) is 31.2 Å². The zero-order chi connectivity index (χ0) is 25.0. The van der Waals surface area contributed by atoms with Crippen LogP contribution in [0.5, 0.6) is 17.2 Å². The van der Waals surface area contributed by atoms with Gasteiger partial charge in [0.25, 0.3) is 10.0 Å². The summed E-state index contributed by atoms with van der Waals surface area (Å²) in [5, 5.41) is 2.81. The van der Waals surface area contributed by atoms with Crippen LogP contribution in [0.2, 0.25) is 0 Å². The number of hydrogen-bond acceptors (Lipinski definition) is 6. The van der Waals surface area contributed by atoms with Crippen LogP contribution in [0.15, 0.2) is 71.6 Å². The molecule has 3 aromatic carbocycles. The fourth-order valence-electron chi connectivity index (χ4n) is 3.75. The number of ether oxygens (including phenoxy) is 3. The van der Waals surface area contributed by atoms with Gasteiger partial charge in [0.1, 0.15) is 31.3 Å². The maximum Gasteiger partial charge on any atom is 0.264 e. The number of carbonyl (C=O) groups is 1. The molecule has 1 N–H and O–H groups in total. The summed E-state index contributed by atoms with van der Waals surface area (Å²) in [5.41, 5.74) is 0.882. The van der Waals surface area contributed by atoms with E-state index < -0.39 is 34.3 Å². The Morgan fingerprint density at radius 2 is 1.74 bits per heavy atom. The average Bonchev–Trinajstić information content (AvgIpc) is 2.87. The average molecular weight is 501 g/mol. The molecule has 0 aliphatic carbocycles. The summed E-state index contributed by atoms with van der Waals surface area (Å²) in [5.74, 6) is 0.255. The van der Waals surface area contributed by atoms with Crippen LogP contribution in [0.3, 0.4) is 0 Å². The van der Waals surface area contributed by atoms with Gasteiger partial charge in [0.15, 0.2) is 11.5 Å². The Kier molecular flexibility index (Phi) is 7.11. The van der Waals surface area contributed by atoms with E-state index in [4.69, 9.17) is 14.2 Å². The van der Waals surface area contributed by atoms with Crippen molar-refractivity contribution in [2.24, 2.45) is 0 Å². The molecule has 0 aromatic heterocycles. The first-order valence-corrected chi connectivity index (χ1v) is 12.3. The van der Waals surface area contributed by atoms with Crippen molar-refractivity contribution in [2.45, 2.75) is 17.9 Å². The van der Waals surface area contributed by atoms with Crippen molar-refractivity contribution < 1.29 is 31.8 Å². The lowest BCUT2D eigenvalue weighted by molar-refractivity contribution is -0.120. The number of nitrogens with zero attached hydrogens (tertiary/aromatic N) is 1. The smallest absolute Gasteiger partial charge is 0.264 e. The van der Waals surface area contributed by atoms with Gasteiger partial charge in [-0.1, -0.05) is 18.2 Å². The lowest BCUT2D eigenvalue weighted by atomic mass is 10.1. The minimum atomic E-state index is -4.22. The van der Waals surface area contributed by atoms with Gasteiger partial charge in [-0.25, -0.2) is 12.8 Å². The van der Waals surface area contributed by atoms with Gasteiger partial charge in [-0.3, -0.25) is 9.10 Å². The van der Waals surface area contributed by atoms with Gasteiger partial charge in [-0.15, -0.1) is 0 Å². The molecule has 0 radical (unpaired) electrons. The van der Waals surface area contributed by atoms with Crippen LogP contribution in [-0.4, -0.2) is 41.2 Å². The van der Waals surface area contributed by atoms with Crippen LogP contribution in [0.25, 0.3) is 0 Å². The number of sulfonamides is 1. The molecule has 0 spiro atoms. The molecule has 1 atom stereocenters. The lowest BCUT2D eigenvalue weighted by Crippen LogP contribution is -2.41. The summed E-state index contributed by atoms with van der Waals surface area (Å²) < 4.78 is 58.1. The van der Waals surface area contributed by atoms with Crippen molar-refractivity contribution in [1.29, 1.82) is 0 Å². The van der Waals surface area contributed by atoms with Crippen LogP contribution in [0.4, 0.5) is 10.1 Å². The van der Waals surface area contributed by atoms with E-state index in [9.17, 15) is 17.6 Å². The molecule has 1 amide bonds. The third kappa shape index (κ3) is 5.32. The normalized spacial score (nSPS) is 13.6. The number of benzene rings is 3. The van der Waals surface area contributed by atoms with E-state index >= 15 is 0 Å². The van der Waals surface area contributed by atoms with Gasteiger partial charge in [0, 0.05) is 11.6 Å². The SMILES string of the molecule is COc1ccccc1[C@@H](C)NC(=O)CN(c1ccc(F)cc1)S(=O)(=O)c1ccc2c(c1)OCCO2. The summed E-state index contributed by atoms with van der Waals surface area (Å²) in [7, 11) is -2.69. The van der Waals surface area contributed by atoms with Gasteiger partial charge in [0.05, 0.1) is 23.7 Å². The van der Waals surface area contributed by atoms with E-state index in [1.807, 2.05) is 18.2 Å². The molecule has 1 aliphatic rings. The molecule has 0 fully saturated rings. The van der Waals surface area contributed by atoms with Gasteiger partial charge < -0.3 is 19.5 Å². The molecular weight excluding hydrogens is 475 g/mol. The second kappa shape index (κ2) is 10.2. The monoisotopic (exact) mass is 500 g/mol. The minimum Gasteiger partial charge on any atom is -0.496 e. The number of hydrogen-bond donors (Lipinski definition) is 1. The van der Waals surface area contributed by atoms with Gasteiger partial charge >= 0.3 is 0 Å². The molecule has 1 aliphatic heterocycles. The van der Waals surface area contributed by atoms with Gasteiger partial charge in [-0.05, 0) is 49.4 Å². The molecular formula is C25H25FN2O6S. The molecule has 0 bridgehead atoms. The Hall–Kier alpha value is -3.79. The van der Waals surface area contributed by atoms with Crippen molar-refractivity contribution in [3.63, 3.8) is 0 Å². The first-order valence-electron chi connectivity index (χ1n) is 10.9. The Morgan fingerprint density at radius 3 is 2.46 bits per heavy atom. The highest BCUT2D eigenvalue weighted by Gasteiger charge is 2.29. The highest BCUT2D eigenvalue weighted by molar-refractivity contribution is 7.92. The molecule has 10 heteroatoms. The number of anilines is 1. The van der Waals surface area contributed by atoms with Gasteiger partial charge in [0.2, 0.25) is 5.91 Å². The van der Waals surface area contributed by atoms with Crippen molar-refractivity contribution >= 4 is 21.6 Å². The van der Waals surface area contributed by atoms with Crippen molar-refractivity contribution in [3.8, 4) is 17.2 Å². The molecule has 0 saturated carbocycles. The fourth-order valence-corrected chi connectivity index (χ4v) is 5.19. The summed E-state index contributed by atoms with van der Waals surface area (Å²) in [4.78, 5) is 12.9. The second-order valence-corrected chi connectivity index (χ2v) is 9.69. The van der Waals surface area contributed by atoms with E-state index in [0.29, 0.717) is 30.5 Å². The van der Waals surface area contributed by atoms with Crippen LogP contribution in [0, 0.1) is 5.82 Å². The van der Waals surface area contributed by atoms with E-state index in [1.165, 1.54) is 37.4 Å². The zero-order valence-electron chi connectivity index (χ0n) is 19.2. The van der Waals surface area contributed by atoms with E-state index in [0.717, 1.165) is 22.0 Å². The highest BCUT2D eigenvalue weighted by atomic mass is 32.2. The van der Waals surface area contributed by atoms with Crippen LogP contribution in [-0.2, 0) is 14.8 Å². The maximum absolute atomic E-state index is 13.6.